The van der Waals surface area contributed by atoms with Crippen LogP contribution in [0.3, 0.4) is 0 Å². The molecule has 0 aromatic heterocycles. The van der Waals surface area contributed by atoms with Crippen LogP contribution in [-0.4, -0.2) is 29.6 Å². The van der Waals surface area contributed by atoms with Crippen LogP contribution in [0.5, 0.6) is 0 Å². The molecule has 3 fully saturated rings. The van der Waals surface area contributed by atoms with Crippen molar-refractivity contribution in [2.45, 2.75) is 44.6 Å². The lowest BCUT2D eigenvalue weighted by molar-refractivity contribution is -0.130. The number of carbonyl (C=O) groups excluding carboxylic acids is 1. The van der Waals surface area contributed by atoms with Crippen molar-refractivity contribution in [1.82, 2.24) is 10.2 Å². The molecule has 1 amide bonds. The third-order valence-electron chi connectivity index (χ3n) is 4.55. The van der Waals surface area contributed by atoms with Gasteiger partial charge in [-0.05, 0) is 31.1 Å². The lowest BCUT2D eigenvalue weighted by Crippen LogP contribution is -2.35. The molecule has 1 N–H and O–H groups in total. The van der Waals surface area contributed by atoms with Gasteiger partial charge in [0.2, 0.25) is 5.91 Å². The van der Waals surface area contributed by atoms with Gasteiger partial charge in [-0.1, -0.05) is 19.8 Å². The van der Waals surface area contributed by atoms with Gasteiger partial charge in [-0.15, -0.1) is 0 Å². The van der Waals surface area contributed by atoms with Crippen LogP contribution in [0.25, 0.3) is 0 Å². The summed E-state index contributed by atoms with van der Waals surface area (Å²) in [6, 6.07) is 0. The van der Waals surface area contributed by atoms with Crippen LogP contribution < -0.4 is 5.32 Å². The average molecular weight is 208 g/mol. The molecule has 0 radical (unpaired) electrons. The molecule has 2 saturated carbocycles. The summed E-state index contributed by atoms with van der Waals surface area (Å²) in [6.07, 6.45) is 6.14. The lowest BCUT2D eigenvalue weighted by atomic mass is 9.97. The van der Waals surface area contributed by atoms with Crippen LogP contribution in [0.15, 0.2) is 0 Å². The summed E-state index contributed by atoms with van der Waals surface area (Å²) in [5.41, 5.74) is -0.0954. The largest absolute Gasteiger partial charge is 0.328 e. The zero-order chi connectivity index (χ0) is 10.5. The van der Waals surface area contributed by atoms with E-state index in [-0.39, 0.29) is 5.54 Å². The highest BCUT2D eigenvalue weighted by molar-refractivity contribution is 5.91. The van der Waals surface area contributed by atoms with Gasteiger partial charge >= 0.3 is 0 Å². The Morgan fingerprint density at radius 3 is 2.80 bits per heavy atom. The van der Waals surface area contributed by atoms with Gasteiger partial charge in [0.05, 0.1) is 12.2 Å². The summed E-state index contributed by atoms with van der Waals surface area (Å²) in [7, 11) is 0. The first-order valence-electron chi connectivity index (χ1n) is 6.26. The maximum atomic E-state index is 12.0. The van der Waals surface area contributed by atoms with Crippen molar-refractivity contribution in [1.29, 1.82) is 0 Å². The van der Waals surface area contributed by atoms with Crippen molar-refractivity contribution in [2.75, 3.05) is 13.2 Å². The quantitative estimate of drug-likeness (QED) is 0.743. The zero-order valence-electron chi connectivity index (χ0n) is 9.46. The van der Waals surface area contributed by atoms with Gasteiger partial charge < -0.3 is 4.90 Å². The van der Waals surface area contributed by atoms with Gasteiger partial charge in [-0.25, -0.2) is 0 Å². The number of rotatable bonds is 2. The Labute approximate surface area is 91.2 Å². The van der Waals surface area contributed by atoms with Gasteiger partial charge in [-0.2, -0.15) is 0 Å². The maximum Gasteiger partial charge on any atom is 0.243 e. The van der Waals surface area contributed by atoms with Crippen LogP contribution in [-0.2, 0) is 4.79 Å². The smallest absolute Gasteiger partial charge is 0.243 e. The highest BCUT2D eigenvalue weighted by atomic mass is 16.2. The van der Waals surface area contributed by atoms with Crippen molar-refractivity contribution >= 4 is 5.91 Å². The minimum Gasteiger partial charge on any atom is -0.328 e. The minimum atomic E-state index is -0.0954. The minimum absolute atomic E-state index is 0.0954. The Balaban J connectivity index is 1.62. The molecular weight excluding hydrogens is 188 g/mol. The summed E-state index contributed by atoms with van der Waals surface area (Å²) in [4.78, 5) is 14.1. The van der Waals surface area contributed by atoms with Crippen molar-refractivity contribution in [2.24, 2.45) is 11.8 Å². The van der Waals surface area contributed by atoms with Gasteiger partial charge in [0.15, 0.2) is 0 Å². The molecule has 1 heterocycles. The highest BCUT2D eigenvalue weighted by Crippen LogP contribution is 2.41. The molecule has 2 aliphatic carbocycles. The fraction of sp³-hybridized carbons (Fsp3) is 0.917. The summed E-state index contributed by atoms with van der Waals surface area (Å²) in [5, 5.41) is 3.37. The first-order valence-corrected chi connectivity index (χ1v) is 6.26. The molecule has 2 atom stereocenters. The van der Waals surface area contributed by atoms with Crippen LogP contribution in [0.2, 0.25) is 0 Å². The van der Waals surface area contributed by atoms with E-state index in [4.69, 9.17) is 0 Å². The first-order chi connectivity index (χ1) is 7.21. The van der Waals surface area contributed by atoms with Crippen LogP contribution in [0.4, 0.5) is 0 Å². The molecule has 0 aromatic rings. The van der Waals surface area contributed by atoms with E-state index in [9.17, 15) is 4.79 Å². The lowest BCUT2D eigenvalue weighted by Gasteiger charge is -2.22. The van der Waals surface area contributed by atoms with Gasteiger partial charge in [0.1, 0.15) is 0 Å². The highest BCUT2D eigenvalue weighted by Gasteiger charge is 2.55. The second-order valence-corrected chi connectivity index (χ2v) is 5.61. The molecule has 3 heteroatoms. The number of nitrogens with one attached hydrogen (secondary N) is 1. The third-order valence-corrected chi connectivity index (χ3v) is 4.55. The van der Waals surface area contributed by atoms with Crippen LogP contribution in [0, 0.1) is 11.8 Å². The Kier molecular flexibility index (Phi) is 2.06. The second-order valence-electron chi connectivity index (χ2n) is 5.61. The normalized spacial score (nSPS) is 37.9. The Morgan fingerprint density at radius 2 is 2.27 bits per heavy atom. The molecule has 1 saturated heterocycles. The molecule has 84 valence electrons. The van der Waals surface area contributed by atoms with E-state index >= 15 is 0 Å². The standard InChI is InChI=1S/C12H20N2O/c1-9-3-2-4-10(9)7-14-8-13-12(5-6-12)11(14)15/h9-10,13H,2-8H2,1H3. The van der Waals surface area contributed by atoms with E-state index in [0.717, 1.165) is 37.9 Å². The third kappa shape index (κ3) is 1.48. The maximum absolute atomic E-state index is 12.0. The van der Waals surface area contributed by atoms with Gasteiger partial charge in [-0.3, -0.25) is 10.1 Å². The van der Waals surface area contributed by atoms with Crippen LogP contribution >= 0.6 is 0 Å². The molecule has 1 aliphatic heterocycles. The van der Waals surface area contributed by atoms with Crippen molar-refractivity contribution in [3.05, 3.63) is 0 Å². The summed E-state index contributed by atoms with van der Waals surface area (Å²) in [6.45, 7) is 4.12. The first kappa shape index (κ1) is 9.64. The number of amides is 1. The predicted octanol–water partition coefficient (Wildman–Crippen LogP) is 1.34. The summed E-state index contributed by atoms with van der Waals surface area (Å²) < 4.78 is 0. The van der Waals surface area contributed by atoms with Crippen molar-refractivity contribution in [3.8, 4) is 0 Å². The van der Waals surface area contributed by atoms with Crippen molar-refractivity contribution in [3.63, 3.8) is 0 Å². The summed E-state index contributed by atoms with van der Waals surface area (Å²) in [5.74, 6) is 1.94. The SMILES string of the molecule is CC1CCCC1CN1CNC2(CC2)C1=O. The fourth-order valence-corrected chi connectivity index (χ4v) is 3.14. The molecule has 3 nitrogen and oxygen atoms in total. The average Bonchev–Trinajstić information content (AvgIpc) is 2.83. The zero-order valence-corrected chi connectivity index (χ0v) is 9.46. The van der Waals surface area contributed by atoms with E-state index in [0.29, 0.717) is 5.91 Å². The topological polar surface area (TPSA) is 32.3 Å². The van der Waals surface area contributed by atoms with Crippen LogP contribution in [0.1, 0.15) is 39.0 Å². The molecule has 2 unspecified atom stereocenters. The molecule has 3 rings (SSSR count). The van der Waals surface area contributed by atoms with E-state index in [1.807, 2.05) is 0 Å². The predicted molar refractivity (Wildman–Crippen MR) is 58.2 cm³/mol. The summed E-state index contributed by atoms with van der Waals surface area (Å²) >= 11 is 0. The van der Waals surface area contributed by atoms with Gasteiger partial charge in [0, 0.05) is 6.54 Å². The molecule has 15 heavy (non-hydrogen) atoms. The monoisotopic (exact) mass is 208 g/mol. The Hall–Kier alpha value is -0.570. The van der Waals surface area contributed by atoms with E-state index in [2.05, 4.69) is 17.1 Å². The fourth-order valence-electron chi connectivity index (χ4n) is 3.14. The van der Waals surface area contributed by atoms with E-state index < -0.39 is 0 Å². The number of hydrogen-bond donors (Lipinski definition) is 1. The van der Waals surface area contributed by atoms with Gasteiger partial charge in [0.25, 0.3) is 0 Å². The number of carbonyl (C=O) groups is 1. The number of hydrogen-bond acceptors (Lipinski definition) is 2. The van der Waals surface area contributed by atoms with Crippen molar-refractivity contribution < 1.29 is 4.79 Å². The molecule has 0 aromatic carbocycles. The molecule has 3 aliphatic rings. The van der Waals surface area contributed by atoms with E-state index in [1.54, 1.807) is 0 Å². The Bertz CT molecular complexity index is 285. The molecule has 1 spiro atoms. The molecular formula is C12H20N2O. The van der Waals surface area contributed by atoms with E-state index in [1.165, 1.54) is 19.3 Å². The second kappa shape index (κ2) is 3.21. The Morgan fingerprint density at radius 1 is 1.47 bits per heavy atom. The number of nitrogens with zero attached hydrogens (tertiary/aromatic N) is 1. The molecule has 0 bridgehead atoms.